The summed E-state index contributed by atoms with van der Waals surface area (Å²) in [5.41, 5.74) is 2.50. The van der Waals surface area contributed by atoms with E-state index in [2.05, 4.69) is 21.9 Å². The van der Waals surface area contributed by atoms with Gasteiger partial charge < -0.3 is 14.4 Å². The normalized spacial score (nSPS) is 42.2. The molecule has 6 aliphatic rings. The van der Waals surface area contributed by atoms with Gasteiger partial charge in [-0.25, -0.2) is 0 Å². The van der Waals surface area contributed by atoms with Crippen LogP contribution in [0, 0.1) is 5.41 Å². The third kappa shape index (κ3) is 1.80. The van der Waals surface area contributed by atoms with Gasteiger partial charge in [-0.15, -0.1) is 0 Å². The first kappa shape index (κ1) is 18.2. The van der Waals surface area contributed by atoms with Crippen molar-refractivity contribution in [2.45, 2.75) is 75.0 Å². The number of rotatable bonds is 2. The van der Waals surface area contributed by atoms with Gasteiger partial charge in [-0.2, -0.15) is 0 Å². The van der Waals surface area contributed by atoms with Crippen molar-refractivity contribution in [2.75, 3.05) is 32.2 Å². The van der Waals surface area contributed by atoms with E-state index in [1.54, 1.807) is 14.0 Å². The van der Waals surface area contributed by atoms with E-state index in [0.29, 0.717) is 12.1 Å². The summed E-state index contributed by atoms with van der Waals surface area (Å²) in [7, 11) is 3.65. The number of para-hydroxylation sites is 1. The predicted octanol–water partition coefficient (Wildman–Crippen LogP) is 3.50. The van der Waals surface area contributed by atoms with E-state index in [4.69, 9.17) is 9.47 Å². The van der Waals surface area contributed by atoms with Crippen LogP contribution >= 0.6 is 0 Å². The molecule has 2 bridgehead atoms. The minimum Gasteiger partial charge on any atom is -0.495 e. The van der Waals surface area contributed by atoms with E-state index >= 15 is 0 Å². The second-order valence-corrected chi connectivity index (χ2v) is 10.0. The summed E-state index contributed by atoms with van der Waals surface area (Å²) >= 11 is 0. The summed E-state index contributed by atoms with van der Waals surface area (Å²) in [4.78, 5) is 18.2. The van der Waals surface area contributed by atoms with Crippen molar-refractivity contribution in [3.05, 3.63) is 23.8 Å². The molecule has 0 N–H and O–H groups in total. The van der Waals surface area contributed by atoms with Gasteiger partial charge in [-0.05, 0) is 56.7 Å². The molecule has 3 aliphatic carbocycles. The zero-order valence-electron chi connectivity index (χ0n) is 17.9. The summed E-state index contributed by atoms with van der Waals surface area (Å²) in [5.74, 6) is 1.02. The highest BCUT2D eigenvalue weighted by Crippen LogP contribution is 2.73. The lowest BCUT2D eigenvalue weighted by Crippen LogP contribution is -2.72. The van der Waals surface area contributed by atoms with Gasteiger partial charge >= 0.3 is 0 Å². The Bertz CT molecular complexity index is 887. The topological polar surface area (TPSA) is 42.0 Å². The zero-order valence-corrected chi connectivity index (χ0v) is 17.9. The van der Waals surface area contributed by atoms with Gasteiger partial charge in [-0.1, -0.05) is 18.6 Å². The number of benzene rings is 1. The van der Waals surface area contributed by atoms with E-state index < -0.39 is 0 Å². The summed E-state index contributed by atoms with van der Waals surface area (Å²) in [6.45, 7) is 4.00. The Morgan fingerprint density at radius 1 is 1.10 bits per heavy atom. The molecule has 5 heteroatoms. The maximum absolute atomic E-state index is 13.2. The van der Waals surface area contributed by atoms with Crippen molar-refractivity contribution in [2.24, 2.45) is 5.41 Å². The Morgan fingerprint density at radius 2 is 1.97 bits per heavy atom. The summed E-state index contributed by atoms with van der Waals surface area (Å²) in [5, 5.41) is 0. The number of anilines is 1. The number of methoxy groups -OCH3 is 2. The monoisotopic (exact) mass is 396 g/mol. The minimum absolute atomic E-state index is 0.00546. The van der Waals surface area contributed by atoms with Crippen LogP contribution in [0.15, 0.2) is 18.2 Å². The summed E-state index contributed by atoms with van der Waals surface area (Å²) in [6, 6.07) is 6.92. The first-order chi connectivity index (χ1) is 14.1. The molecule has 4 unspecified atom stereocenters. The lowest BCUT2D eigenvalue weighted by molar-refractivity contribution is -0.139. The Hall–Kier alpha value is -1.59. The van der Waals surface area contributed by atoms with Crippen molar-refractivity contribution in [3.8, 4) is 5.75 Å². The highest BCUT2D eigenvalue weighted by atomic mass is 16.5. The van der Waals surface area contributed by atoms with Crippen LogP contribution in [0.5, 0.6) is 5.75 Å². The predicted molar refractivity (Wildman–Crippen MR) is 111 cm³/mol. The molecule has 3 heterocycles. The van der Waals surface area contributed by atoms with E-state index in [9.17, 15) is 4.79 Å². The summed E-state index contributed by atoms with van der Waals surface area (Å²) < 4.78 is 12.0. The van der Waals surface area contributed by atoms with Crippen molar-refractivity contribution in [1.29, 1.82) is 0 Å². The third-order valence-corrected chi connectivity index (χ3v) is 9.51. The van der Waals surface area contributed by atoms with Gasteiger partial charge in [0, 0.05) is 37.5 Å². The second-order valence-electron chi connectivity index (χ2n) is 10.0. The molecule has 3 aliphatic heterocycles. The number of piperidine rings is 1. The number of amides is 1. The maximum Gasteiger partial charge on any atom is 0.224 e. The zero-order chi connectivity index (χ0) is 20.0. The molecule has 29 heavy (non-hydrogen) atoms. The number of ether oxygens (including phenoxy) is 2. The highest BCUT2D eigenvalue weighted by Gasteiger charge is 2.77. The van der Waals surface area contributed by atoms with Crippen molar-refractivity contribution < 1.29 is 14.3 Å². The SMILES string of the molecule is COc1cccc2c1N(C(C)=O)C13CCCC4(CC1)C(OC)CCN1CCC23[C@@H]14. The minimum atomic E-state index is -0.120. The van der Waals surface area contributed by atoms with Crippen LogP contribution in [-0.2, 0) is 14.9 Å². The second kappa shape index (κ2) is 5.76. The van der Waals surface area contributed by atoms with E-state index in [0.717, 1.165) is 56.6 Å². The fourth-order valence-electron chi connectivity index (χ4n) is 8.93. The fraction of sp³-hybridized carbons (Fsp3) is 0.708. The first-order valence-corrected chi connectivity index (χ1v) is 11.3. The Balaban J connectivity index is 1.68. The van der Waals surface area contributed by atoms with E-state index in [-0.39, 0.29) is 22.3 Å². The lowest BCUT2D eigenvalue weighted by atomic mass is 9.48. The largest absolute Gasteiger partial charge is 0.495 e. The van der Waals surface area contributed by atoms with Crippen LogP contribution in [0.2, 0.25) is 0 Å². The van der Waals surface area contributed by atoms with Gasteiger partial charge in [-0.3, -0.25) is 9.69 Å². The number of hydrogen-bond acceptors (Lipinski definition) is 4. The quantitative estimate of drug-likeness (QED) is 0.767. The Kier molecular flexibility index (Phi) is 3.62. The molecule has 0 radical (unpaired) electrons. The smallest absolute Gasteiger partial charge is 0.224 e. The lowest BCUT2D eigenvalue weighted by Gasteiger charge is -2.63. The molecule has 5 fully saturated rings. The van der Waals surface area contributed by atoms with Gasteiger partial charge in [0.2, 0.25) is 5.91 Å². The Labute approximate surface area is 173 Å². The molecule has 5 nitrogen and oxygen atoms in total. The third-order valence-electron chi connectivity index (χ3n) is 9.51. The molecule has 1 amide bonds. The molecule has 3 spiro atoms. The molecule has 7 rings (SSSR count). The number of hydrogen-bond donors (Lipinski definition) is 0. The number of carbonyl (C=O) groups excluding carboxylic acids is 1. The fourth-order valence-corrected chi connectivity index (χ4v) is 8.93. The molecule has 5 atom stereocenters. The van der Waals surface area contributed by atoms with Crippen molar-refractivity contribution in [3.63, 3.8) is 0 Å². The van der Waals surface area contributed by atoms with E-state index in [1.807, 2.05) is 13.2 Å². The van der Waals surface area contributed by atoms with Gasteiger partial charge in [0.05, 0.1) is 24.4 Å². The van der Waals surface area contributed by atoms with Crippen LogP contribution in [0.25, 0.3) is 0 Å². The standard InChI is InChI=1S/C24H32N2O3/c1-16(27)26-20-17(6-4-7-18(20)28-2)24-13-15-25-14-8-19(29-3)22(21(24)25)9-5-10-23(24,26)12-11-22/h4,6-7,19,21H,5,8-15H2,1-3H3/t19?,21-,22?,23?,24?/m0/s1. The molecular formula is C24H32N2O3. The molecule has 2 saturated heterocycles. The maximum atomic E-state index is 13.2. The van der Waals surface area contributed by atoms with Crippen LogP contribution in [0.3, 0.4) is 0 Å². The van der Waals surface area contributed by atoms with Crippen molar-refractivity contribution >= 4 is 11.6 Å². The summed E-state index contributed by atoms with van der Waals surface area (Å²) in [6.07, 6.45) is 8.33. The van der Waals surface area contributed by atoms with Gasteiger partial charge in [0.25, 0.3) is 0 Å². The average Bonchev–Trinajstić information content (AvgIpc) is 3.13. The molecule has 1 aromatic rings. The van der Waals surface area contributed by atoms with Crippen LogP contribution < -0.4 is 9.64 Å². The number of nitrogens with zero attached hydrogens (tertiary/aromatic N) is 2. The number of carbonyl (C=O) groups is 1. The van der Waals surface area contributed by atoms with Gasteiger partial charge in [0.1, 0.15) is 5.75 Å². The molecule has 0 aromatic heterocycles. The molecule has 156 valence electrons. The number of fused-ring (bicyclic) bond motifs is 4. The first-order valence-electron chi connectivity index (χ1n) is 11.3. The van der Waals surface area contributed by atoms with Crippen LogP contribution in [-0.4, -0.2) is 55.8 Å². The highest BCUT2D eigenvalue weighted by molar-refractivity contribution is 5.99. The van der Waals surface area contributed by atoms with Crippen LogP contribution in [0.4, 0.5) is 5.69 Å². The molecule has 1 aromatic carbocycles. The average molecular weight is 397 g/mol. The molecule has 3 saturated carbocycles. The van der Waals surface area contributed by atoms with Crippen molar-refractivity contribution in [1.82, 2.24) is 4.90 Å². The van der Waals surface area contributed by atoms with E-state index in [1.165, 1.54) is 18.4 Å². The van der Waals surface area contributed by atoms with Gasteiger partial charge in [0.15, 0.2) is 0 Å². The Morgan fingerprint density at radius 3 is 2.72 bits per heavy atom. The van der Waals surface area contributed by atoms with Crippen LogP contribution in [0.1, 0.15) is 57.4 Å². The molecular weight excluding hydrogens is 364 g/mol.